The molecular formula is C18H23BN2O2. The summed E-state index contributed by atoms with van der Waals surface area (Å²) in [6, 6.07) is 18.1. The highest BCUT2D eigenvalue weighted by Crippen LogP contribution is 2.11. The fourth-order valence-corrected chi connectivity index (χ4v) is 3.00. The molecule has 1 fully saturated rings. The molecule has 0 atom stereocenters. The summed E-state index contributed by atoms with van der Waals surface area (Å²) >= 11 is 0. The molecule has 1 aliphatic heterocycles. The topological polar surface area (TPSA) is 46.9 Å². The second-order valence-corrected chi connectivity index (χ2v) is 6.15. The van der Waals surface area contributed by atoms with Gasteiger partial charge in [-0.05, 0) is 16.6 Å². The number of hydrogen-bond acceptors (Lipinski definition) is 4. The van der Waals surface area contributed by atoms with Gasteiger partial charge in [0.25, 0.3) is 0 Å². The van der Waals surface area contributed by atoms with Gasteiger partial charge >= 0.3 is 7.12 Å². The standard InChI is InChI=1S/C18H23BN2O2/c22-19(23)18-8-6-17(7-9-18)15-21-12-10-20(11-13-21)14-16-4-2-1-3-5-16/h1-9,22-23H,10-15H2. The van der Waals surface area contributed by atoms with Crippen LogP contribution in [0.15, 0.2) is 54.6 Å². The Labute approximate surface area is 138 Å². The molecule has 4 nitrogen and oxygen atoms in total. The summed E-state index contributed by atoms with van der Waals surface area (Å²) in [6.45, 7) is 6.25. The maximum absolute atomic E-state index is 9.13. The van der Waals surface area contributed by atoms with Gasteiger partial charge in [-0.2, -0.15) is 0 Å². The monoisotopic (exact) mass is 310 g/mol. The Balaban J connectivity index is 1.47. The first-order chi connectivity index (χ1) is 11.2. The summed E-state index contributed by atoms with van der Waals surface area (Å²) in [5.41, 5.74) is 3.13. The molecule has 0 radical (unpaired) electrons. The van der Waals surface area contributed by atoms with E-state index in [1.54, 1.807) is 12.1 Å². The first-order valence-corrected chi connectivity index (χ1v) is 8.14. The summed E-state index contributed by atoms with van der Waals surface area (Å²) in [6.07, 6.45) is 0. The van der Waals surface area contributed by atoms with Crippen molar-refractivity contribution in [3.8, 4) is 0 Å². The van der Waals surface area contributed by atoms with Crippen LogP contribution in [0, 0.1) is 0 Å². The normalized spacial score (nSPS) is 16.4. The van der Waals surface area contributed by atoms with E-state index in [2.05, 4.69) is 40.1 Å². The lowest BCUT2D eigenvalue weighted by molar-refractivity contribution is 0.122. The van der Waals surface area contributed by atoms with Crippen LogP contribution in [-0.2, 0) is 13.1 Å². The fraction of sp³-hybridized carbons (Fsp3) is 0.333. The minimum absolute atomic E-state index is 0.543. The Hall–Kier alpha value is -1.66. The molecular weight excluding hydrogens is 287 g/mol. The first-order valence-electron chi connectivity index (χ1n) is 8.14. The highest BCUT2D eigenvalue weighted by molar-refractivity contribution is 6.58. The van der Waals surface area contributed by atoms with Gasteiger partial charge in [0.05, 0.1) is 0 Å². The van der Waals surface area contributed by atoms with Crippen molar-refractivity contribution in [2.24, 2.45) is 0 Å². The van der Waals surface area contributed by atoms with E-state index in [9.17, 15) is 0 Å². The van der Waals surface area contributed by atoms with E-state index < -0.39 is 7.12 Å². The van der Waals surface area contributed by atoms with Crippen LogP contribution in [0.1, 0.15) is 11.1 Å². The Morgan fingerprint density at radius 3 is 1.65 bits per heavy atom. The van der Waals surface area contributed by atoms with Crippen LogP contribution in [-0.4, -0.2) is 53.1 Å². The molecule has 0 aliphatic carbocycles. The van der Waals surface area contributed by atoms with Crippen LogP contribution < -0.4 is 5.46 Å². The van der Waals surface area contributed by atoms with Gasteiger partial charge in [0.2, 0.25) is 0 Å². The number of piperazine rings is 1. The van der Waals surface area contributed by atoms with Gasteiger partial charge in [0, 0.05) is 39.3 Å². The molecule has 1 heterocycles. The van der Waals surface area contributed by atoms with E-state index >= 15 is 0 Å². The van der Waals surface area contributed by atoms with Crippen molar-refractivity contribution >= 4 is 12.6 Å². The molecule has 3 rings (SSSR count). The van der Waals surface area contributed by atoms with Gasteiger partial charge < -0.3 is 10.0 Å². The maximum atomic E-state index is 9.13. The van der Waals surface area contributed by atoms with Crippen LogP contribution >= 0.6 is 0 Å². The average molecular weight is 310 g/mol. The molecule has 5 heteroatoms. The molecule has 2 aromatic carbocycles. The third kappa shape index (κ3) is 4.66. The minimum Gasteiger partial charge on any atom is -0.423 e. The Bertz CT molecular complexity index is 596. The quantitative estimate of drug-likeness (QED) is 0.798. The number of hydrogen-bond donors (Lipinski definition) is 2. The van der Waals surface area contributed by atoms with Gasteiger partial charge in [-0.3, -0.25) is 9.80 Å². The van der Waals surface area contributed by atoms with Crippen molar-refractivity contribution in [1.82, 2.24) is 9.80 Å². The Morgan fingerprint density at radius 2 is 1.17 bits per heavy atom. The highest BCUT2D eigenvalue weighted by atomic mass is 16.4. The van der Waals surface area contributed by atoms with Crippen LogP contribution in [0.4, 0.5) is 0 Å². The zero-order valence-electron chi connectivity index (χ0n) is 13.3. The lowest BCUT2D eigenvalue weighted by Gasteiger charge is -2.34. The van der Waals surface area contributed by atoms with Crippen LogP contribution in [0.5, 0.6) is 0 Å². The Morgan fingerprint density at radius 1 is 0.696 bits per heavy atom. The third-order valence-electron chi connectivity index (χ3n) is 4.40. The summed E-state index contributed by atoms with van der Waals surface area (Å²) in [7, 11) is -1.38. The molecule has 0 unspecified atom stereocenters. The molecule has 0 aromatic heterocycles. The van der Waals surface area contributed by atoms with E-state index in [1.165, 1.54) is 11.1 Å². The van der Waals surface area contributed by atoms with Gasteiger partial charge in [-0.25, -0.2) is 0 Å². The van der Waals surface area contributed by atoms with Gasteiger partial charge in [0.1, 0.15) is 0 Å². The third-order valence-corrected chi connectivity index (χ3v) is 4.40. The first kappa shape index (κ1) is 16.2. The molecule has 0 bridgehead atoms. The van der Waals surface area contributed by atoms with E-state index in [4.69, 9.17) is 10.0 Å². The molecule has 0 saturated carbocycles. The lowest BCUT2D eigenvalue weighted by Crippen LogP contribution is -2.45. The molecule has 23 heavy (non-hydrogen) atoms. The molecule has 2 N–H and O–H groups in total. The van der Waals surface area contributed by atoms with E-state index in [0.29, 0.717) is 5.46 Å². The van der Waals surface area contributed by atoms with E-state index in [0.717, 1.165) is 39.3 Å². The van der Waals surface area contributed by atoms with Gasteiger partial charge in [-0.1, -0.05) is 54.6 Å². The minimum atomic E-state index is -1.38. The van der Waals surface area contributed by atoms with Gasteiger partial charge in [-0.15, -0.1) is 0 Å². The summed E-state index contributed by atoms with van der Waals surface area (Å²) in [5.74, 6) is 0. The van der Waals surface area contributed by atoms with Gasteiger partial charge in [0.15, 0.2) is 0 Å². The van der Waals surface area contributed by atoms with Crippen molar-refractivity contribution in [2.45, 2.75) is 13.1 Å². The van der Waals surface area contributed by atoms with Crippen molar-refractivity contribution in [3.63, 3.8) is 0 Å². The number of benzene rings is 2. The Kier molecular flexibility index (Phi) is 5.46. The second-order valence-electron chi connectivity index (χ2n) is 6.15. The highest BCUT2D eigenvalue weighted by Gasteiger charge is 2.17. The largest absolute Gasteiger partial charge is 0.488 e. The van der Waals surface area contributed by atoms with Crippen LogP contribution in [0.3, 0.4) is 0 Å². The molecule has 0 amide bonds. The lowest BCUT2D eigenvalue weighted by atomic mass is 9.80. The SMILES string of the molecule is OB(O)c1ccc(CN2CCN(Cc3ccccc3)CC2)cc1. The summed E-state index contributed by atoms with van der Waals surface area (Å²) in [4.78, 5) is 4.95. The van der Waals surface area contributed by atoms with Crippen molar-refractivity contribution in [3.05, 3.63) is 65.7 Å². The fourth-order valence-electron chi connectivity index (χ4n) is 3.00. The van der Waals surface area contributed by atoms with Crippen molar-refractivity contribution in [2.75, 3.05) is 26.2 Å². The predicted molar refractivity (Wildman–Crippen MR) is 93.3 cm³/mol. The van der Waals surface area contributed by atoms with Crippen LogP contribution in [0.2, 0.25) is 0 Å². The molecule has 2 aromatic rings. The zero-order chi connectivity index (χ0) is 16.1. The number of rotatable bonds is 5. The maximum Gasteiger partial charge on any atom is 0.488 e. The van der Waals surface area contributed by atoms with E-state index in [1.807, 2.05) is 12.1 Å². The van der Waals surface area contributed by atoms with Crippen molar-refractivity contribution < 1.29 is 10.0 Å². The predicted octanol–water partition coefficient (Wildman–Crippen LogP) is 0.684. The van der Waals surface area contributed by atoms with Crippen molar-refractivity contribution in [1.29, 1.82) is 0 Å². The molecule has 1 saturated heterocycles. The summed E-state index contributed by atoms with van der Waals surface area (Å²) in [5, 5.41) is 18.3. The molecule has 1 aliphatic rings. The molecule has 0 spiro atoms. The number of nitrogens with zero attached hydrogens (tertiary/aromatic N) is 2. The van der Waals surface area contributed by atoms with Crippen LogP contribution in [0.25, 0.3) is 0 Å². The second kappa shape index (κ2) is 7.75. The van der Waals surface area contributed by atoms with E-state index in [-0.39, 0.29) is 0 Å². The molecule has 120 valence electrons. The average Bonchev–Trinajstić information content (AvgIpc) is 2.58. The zero-order valence-corrected chi connectivity index (χ0v) is 13.3. The smallest absolute Gasteiger partial charge is 0.423 e. The summed E-state index contributed by atoms with van der Waals surface area (Å²) < 4.78 is 0.